The van der Waals surface area contributed by atoms with Gasteiger partial charge in [-0.15, -0.1) is 5.10 Å². The molecule has 0 atom stereocenters. The maximum atomic E-state index is 11.2. The Labute approximate surface area is 143 Å². The van der Waals surface area contributed by atoms with Crippen LogP contribution in [0.2, 0.25) is 0 Å². The molecule has 1 aromatic heterocycles. The highest BCUT2D eigenvalue weighted by Crippen LogP contribution is 2.34. The van der Waals surface area contributed by atoms with Crippen molar-refractivity contribution in [2.24, 2.45) is 0 Å². The van der Waals surface area contributed by atoms with E-state index in [2.05, 4.69) is 10.3 Å². The van der Waals surface area contributed by atoms with E-state index in [1.165, 1.54) is 10.9 Å². The van der Waals surface area contributed by atoms with Crippen LogP contribution in [0.15, 0.2) is 36.4 Å². The van der Waals surface area contributed by atoms with E-state index in [0.717, 1.165) is 6.08 Å². The van der Waals surface area contributed by atoms with Gasteiger partial charge >= 0.3 is 0 Å². The van der Waals surface area contributed by atoms with Crippen LogP contribution in [0.4, 0.5) is 17.1 Å². The highest BCUT2D eigenvalue weighted by Gasteiger charge is 2.28. The molecule has 1 heterocycles. The van der Waals surface area contributed by atoms with Gasteiger partial charge in [-0.05, 0) is 18.2 Å². The number of benzene rings is 2. The van der Waals surface area contributed by atoms with Crippen molar-refractivity contribution in [3.05, 3.63) is 72.3 Å². The van der Waals surface area contributed by atoms with Crippen molar-refractivity contribution < 1.29 is 14.8 Å². The van der Waals surface area contributed by atoms with Crippen LogP contribution < -0.4 is 0 Å². The van der Waals surface area contributed by atoms with Crippen LogP contribution in [-0.4, -0.2) is 29.8 Å². The summed E-state index contributed by atoms with van der Waals surface area (Å²) in [6, 6.07) is 8.21. The minimum Gasteiger partial charge on any atom is -0.258 e. The number of fused-ring (bicyclic) bond motifs is 1. The molecule has 26 heavy (non-hydrogen) atoms. The zero-order valence-electron chi connectivity index (χ0n) is 12.8. The fraction of sp³-hybridized carbons (Fsp3) is 0. The summed E-state index contributed by atoms with van der Waals surface area (Å²) in [5, 5.41) is 41.1. The highest BCUT2D eigenvalue weighted by atomic mass is 16.6. The second-order valence-corrected chi connectivity index (χ2v) is 5.01. The summed E-state index contributed by atoms with van der Waals surface area (Å²) in [6.07, 6.45) is 2.36. The van der Waals surface area contributed by atoms with Gasteiger partial charge in [0.15, 0.2) is 0 Å². The Morgan fingerprint density at radius 1 is 0.923 bits per heavy atom. The van der Waals surface area contributed by atoms with Crippen LogP contribution in [0.5, 0.6) is 0 Å². The van der Waals surface area contributed by atoms with Gasteiger partial charge in [-0.2, -0.15) is 0 Å². The molecule has 0 radical (unpaired) electrons. The second-order valence-electron chi connectivity index (χ2n) is 5.01. The average molecular weight is 356 g/mol. The zero-order valence-corrected chi connectivity index (χ0v) is 12.8. The lowest BCUT2D eigenvalue weighted by Gasteiger charge is -2.01. The predicted octanol–water partition coefficient (Wildman–Crippen LogP) is 2.78. The van der Waals surface area contributed by atoms with Gasteiger partial charge in [-0.1, -0.05) is 17.3 Å². The Hall–Kier alpha value is -4.22. The monoisotopic (exact) mass is 356 g/mol. The number of hydrogen-bond acceptors (Lipinski definition) is 8. The molecule has 130 valence electrons. The molecule has 0 aliphatic rings. The van der Waals surface area contributed by atoms with Crippen molar-refractivity contribution in [3.8, 4) is 0 Å². The van der Waals surface area contributed by atoms with E-state index in [0.29, 0.717) is 23.2 Å². The molecule has 0 aliphatic heterocycles. The van der Waals surface area contributed by atoms with Crippen LogP contribution in [-0.2, 0) is 0 Å². The van der Waals surface area contributed by atoms with Gasteiger partial charge in [0.25, 0.3) is 17.1 Å². The van der Waals surface area contributed by atoms with E-state index in [1.807, 2.05) is 0 Å². The van der Waals surface area contributed by atoms with Gasteiger partial charge in [-0.25, -0.2) is 4.68 Å². The van der Waals surface area contributed by atoms with Crippen molar-refractivity contribution >= 4 is 40.4 Å². The van der Waals surface area contributed by atoms with Crippen LogP contribution in [0.25, 0.3) is 23.3 Å². The number of nitrogens with zero attached hydrogens (tertiary/aromatic N) is 6. The third-order valence-corrected chi connectivity index (χ3v) is 3.49. The number of aromatic nitrogens is 3. The number of non-ortho nitro benzene ring substituents is 1. The molecule has 0 aliphatic carbocycles. The molecular formula is C14H8N6O6. The van der Waals surface area contributed by atoms with Crippen molar-refractivity contribution in [2.75, 3.05) is 0 Å². The normalized spacial score (nSPS) is 11.1. The lowest BCUT2D eigenvalue weighted by atomic mass is 10.1. The molecule has 0 saturated heterocycles. The molecule has 3 rings (SSSR count). The molecule has 0 spiro atoms. The first-order valence-electron chi connectivity index (χ1n) is 6.98. The van der Waals surface area contributed by atoms with Crippen molar-refractivity contribution in [3.63, 3.8) is 0 Å². The first-order valence-corrected chi connectivity index (χ1v) is 6.98. The SMILES string of the molecule is O=[N+]([O-])c1cc([N+](=O)[O-])c(/C=C/n2nnc3ccccc32)c([N+](=O)[O-])c1. The fourth-order valence-electron chi connectivity index (χ4n) is 2.33. The van der Waals surface area contributed by atoms with E-state index in [9.17, 15) is 30.3 Å². The number of nitro groups is 3. The minimum absolute atomic E-state index is 0.384. The Balaban J connectivity index is 2.18. The standard InChI is InChI=1S/C14H8N6O6/c21-18(22)9-7-13(19(23)24)10(14(8-9)20(25)26)5-6-17-12-4-2-1-3-11(12)15-16-17/h1-8H/b6-5+. The maximum absolute atomic E-state index is 11.2. The number of hydrogen-bond donors (Lipinski definition) is 0. The molecule has 0 unspecified atom stereocenters. The summed E-state index contributed by atoms with van der Waals surface area (Å²) >= 11 is 0. The third-order valence-electron chi connectivity index (χ3n) is 3.49. The first-order chi connectivity index (χ1) is 12.4. The molecule has 0 fully saturated rings. The summed E-state index contributed by atoms with van der Waals surface area (Å²) in [7, 11) is 0. The van der Waals surface area contributed by atoms with Gasteiger partial charge in [0.2, 0.25) is 0 Å². The fourth-order valence-corrected chi connectivity index (χ4v) is 2.33. The van der Waals surface area contributed by atoms with Gasteiger partial charge in [0.05, 0.1) is 32.4 Å². The Morgan fingerprint density at radius 2 is 1.54 bits per heavy atom. The number of nitro benzene ring substituents is 3. The Bertz CT molecular complexity index is 1050. The molecule has 2 aromatic carbocycles. The molecule has 0 N–H and O–H groups in total. The quantitative estimate of drug-likeness (QED) is 0.498. The van der Waals surface area contributed by atoms with Gasteiger partial charge < -0.3 is 0 Å². The van der Waals surface area contributed by atoms with Crippen LogP contribution >= 0.6 is 0 Å². The van der Waals surface area contributed by atoms with Gasteiger partial charge in [0, 0.05) is 6.20 Å². The van der Waals surface area contributed by atoms with Crippen LogP contribution in [0.1, 0.15) is 5.56 Å². The highest BCUT2D eigenvalue weighted by molar-refractivity contribution is 5.81. The number of para-hydroxylation sites is 1. The van der Waals surface area contributed by atoms with E-state index in [-0.39, 0.29) is 5.56 Å². The van der Waals surface area contributed by atoms with E-state index in [1.54, 1.807) is 24.3 Å². The van der Waals surface area contributed by atoms with Gasteiger partial charge in [-0.3, -0.25) is 30.3 Å². The van der Waals surface area contributed by atoms with Crippen molar-refractivity contribution in [1.29, 1.82) is 0 Å². The van der Waals surface area contributed by atoms with Gasteiger partial charge in [0.1, 0.15) is 11.1 Å². The smallest absolute Gasteiger partial charge is 0.258 e. The predicted molar refractivity (Wildman–Crippen MR) is 89.2 cm³/mol. The molecule has 12 heteroatoms. The summed E-state index contributed by atoms with van der Waals surface area (Å²) in [4.78, 5) is 30.6. The average Bonchev–Trinajstić information content (AvgIpc) is 3.02. The molecule has 0 bridgehead atoms. The summed E-state index contributed by atoms with van der Waals surface area (Å²) in [6.45, 7) is 0. The zero-order chi connectivity index (χ0) is 18.8. The van der Waals surface area contributed by atoms with E-state index < -0.39 is 31.8 Å². The minimum atomic E-state index is -0.932. The largest absolute Gasteiger partial charge is 0.290 e. The van der Waals surface area contributed by atoms with Crippen molar-refractivity contribution in [2.45, 2.75) is 0 Å². The Kier molecular flexibility index (Phi) is 4.06. The lowest BCUT2D eigenvalue weighted by molar-refractivity contribution is -0.403. The molecular weight excluding hydrogens is 348 g/mol. The van der Waals surface area contributed by atoms with Crippen LogP contribution in [0.3, 0.4) is 0 Å². The van der Waals surface area contributed by atoms with Crippen LogP contribution in [0, 0.1) is 30.3 Å². The van der Waals surface area contributed by atoms with Crippen molar-refractivity contribution in [1.82, 2.24) is 15.0 Å². The maximum Gasteiger partial charge on any atom is 0.290 e. The molecule has 12 nitrogen and oxygen atoms in total. The topological polar surface area (TPSA) is 160 Å². The van der Waals surface area contributed by atoms with E-state index in [4.69, 9.17) is 0 Å². The third kappa shape index (κ3) is 2.93. The summed E-state index contributed by atoms with van der Waals surface area (Å²) in [5.41, 5.74) is -1.50. The number of rotatable bonds is 5. The van der Waals surface area contributed by atoms with E-state index >= 15 is 0 Å². The Morgan fingerprint density at radius 3 is 2.12 bits per heavy atom. The second kappa shape index (κ2) is 6.35. The molecule has 0 saturated carbocycles. The first kappa shape index (κ1) is 16.6. The molecule has 3 aromatic rings. The molecule has 0 amide bonds. The lowest BCUT2D eigenvalue weighted by Crippen LogP contribution is -2.00. The summed E-state index contributed by atoms with van der Waals surface area (Å²) in [5.74, 6) is 0. The summed E-state index contributed by atoms with van der Waals surface area (Å²) < 4.78 is 1.28.